The molecule has 0 aromatic rings. The Morgan fingerprint density at radius 1 is 0.885 bits per heavy atom. The van der Waals surface area contributed by atoms with Crippen LogP contribution in [0.4, 0.5) is 0 Å². The van der Waals surface area contributed by atoms with E-state index < -0.39 is 0 Å². The van der Waals surface area contributed by atoms with Crippen molar-refractivity contribution in [2.24, 2.45) is 0 Å². The number of carbonyl (C=O) groups excluding carboxylic acids is 1. The minimum absolute atomic E-state index is 0.146. The number of hydrogen-bond donors (Lipinski definition) is 0. The van der Waals surface area contributed by atoms with Crippen molar-refractivity contribution in [2.45, 2.75) is 84.5 Å². The average Bonchev–Trinajstić information content (AvgIpc) is 2.62. The lowest BCUT2D eigenvalue weighted by atomic mass is 10.1. The van der Waals surface area contributed by atoms with Crippen molar-refractivity contribution >= 4 is 5.91 Å². The summed E-state index contributed by atoms with van der Waals surface area (Å²) in [4.78, 5) is 15.3. The van der Waals surface area contributed by atoms with Gasteiger partial charge in [0, 0.05) is 33.5 Å². The Balaban J connectivity index is 3.35. The minimum Gasteiger partial charge on any atom is -0.345 e. The Bertz CT molecular complexity index is 420. The third kappa shape index (κ3) is 17.5. The molecule has 0 aromatic heterocycles. The van der Waals surface area contributed by atoms with Crippen LogP contribution < -0.4 is 0 Å². The van der Waals surface area contributed by atoms with Crippen molar-refractivity contribution in [3.8, 4) is 11.8 Å². The summed E-state index contributed by atoms with van der Waals surface area (Å²) in [5.74, 6) is 6.53. The summed E-state index contributed by atoms with van der Waals surface area (Å²) in [6.07, 6.45) is 18.1. The summed E-state index contributed by atoms with van der Waals surface area (Å²) in [6.45, 7) is 6.76. The molecule has 0 aromatic carbocycles. The van der Waals surface area contributed by atoms with Gasteiger partial charge in [0.05, 0.1) is 0 Å². The van der Waals surface area contributed by atoms with Gasteiger partial charge >= 0.3 is 0 Å². The molecule has 0 bridgehead atoms. The Morgan fingerprint density at radius 3 is 2.19 bits per heavy atom. The van der Waals surface area contributed by atoms with Crippen molar-refractivity contribution in [1.29, 1.82) is 0 Å². The number of hydrogen-bond acceptors (Lipinski definition) is 2. The number of carbonyl (C=O) groups is 1. The number of amides is 1. The van der Waals surface area contributed by atoms with E-state index in [0.29, 0.717) is 0 Å². The summed E-state index contributed by atoms with van der Waals surface area (Å²) >= 11 is 0. The number of rotatable bonds is 15. The topological polar surface area (TPSA) is 23.6 Å². The summed E-state index contributed by atoms with van der Waals surface area (Å²) in [7, 11) is 4.01. The molecular formula is C23H42N2O. The van der Waals surface area contributed by atoms with Gasteiger partial charge in [0.2, 0.25) is 5.91 Å². The van der Waals surface area contributed by atoms with Gasteiger partial charge < -0.3 is 9.80 Å². The van der Waals surface area contributed by atoms with E-state index in [1.54, 1.807) is 11.8 Å². The maximum Gasteiger partial charge on any atom is 0.219 e. The van der Waals surface area contributed by atoms with Crippen LogP contribution in [0.1, 0.15) is 84.5 Å². The highest BCUT2D eigenvalue weighted by Crippen LogP contribution is 2.08. The van der Waals surface area contributed by atoms with E-state index in [0.717, 1.165) is 32.5 Å². The van der Waals surface area contributed by atoms with Gasteiger partial charge in [-0.1, -0.05) is 69.8 Å². The Kier molecular flexibility index (Phi) is 17.6. The zero-order chi connectivity index (χ0) is 19.5. The zero-order valence-corrected chi connectivity index (χ0v) is 17.9. The van der Waals surface area contributed by atoms with Crippen molar-refractivity contribution in [3.63, 3.8) is 0 Å². The second-order valence-corrected chi connectivity index (χ2v) is 7.33. The number of allylic oxidation sites excluding steroid dienone is 2. The van der Waals surface area contributed by atoms with Gasteiger partial charge in [-0.15, -0.1) is 0 Å². The van der Waals surface area contributed by atoms with Crippen LogP contribution in [-0.2, 0) is 4.79 Å². The first-order chi connectivity index (χ1) is 12.6. The molecule has 0 saturated carbocycles. The van der Waals surface area contributed by atoms with E-state index in [9.17, 15) is 4.79 Å². The highest BCUT2D eigenvalue weighted by atomic mass is 16.2. The molecule has 0 aliphatic heterocycles. The van der Waals surface area contributed by atoms with E-state index in [2.05, 4.69) is 36.8 Å². The van der Waals surface area contributed by atoms with Gasteiger partial charge in [0.1, 0.15) is 0 Å². The Hall–Kier alpha value is -1.27. The van der Waals surface area contributed by atoms with E-state index in [1.165, 1.54) is 57.8 Å². The van der Waals surface area contributed by atoms with Crippen molar-refractivity contribution < 1.29 is 4.79 Å². The van der Waals surface area contributed by atoms with Crippen LogP contribution in [0, 0.1) is 11.8 Å². The largest absolute Gasteiger partial charge is 0.345 e. The van der Waals surface area contributed by atoms with Crippen LogP contribution >= 0.6 is 0 Å². The van der Waals surface area contributed by atoms with Gasteiger partial charge in [-0.2, -0.15) is 0 Å². The Morgan fingerprint density at radius 2 is 1.54 bits per heavy atom. The van der Waals surface area contributed by atoms with E-state index in [1.807, 2.05) is 13.1 Å². The number of nitrogens with zero attached hydrogens (tertiary/aromatic N) is 2. The minimum atomic E-state index is 0.146. The summed E-state index contributed by atoms with van der Waals surface area (Å²) in [5.41, 5.74) is 0. The number of likely N-dealkylation sites (N-methyl/N-ethyl adjacent to an activating group) is 2. The SMILES string of the molecule is CCCCC=CC#CCCCCCCCCCN(C)CCN(C)C(C)=O. The fraction of sp³-hybridized carbons (Fsp3) is 0.783. The third-order valence-electron chi connectivity index (χ3n) is 4.72. The van der Waals surface area contributed by atoms with Crippen molar-refractivity contribution in [3.05, 3.63) is 12.2 Å². The van der Waals surface area contributed by atoms with Crippen LogP contribution in [0.2, 0.25) is 0 Å². The van der Waals surface area contributed by atoms with Crippen LogP contribution in [-0.4, -0.2) is 49.4 Å². The van der Waals surface area contributed by atoms with E-state index >= 15 is 0 Å². The molecule has 150 valence electrons. The molecule has 0 heterocycles. The summed E-state index contributed by atoms with van der Waals surface area (Å²) in [5, 5.41) is 0. The molecule has 0 aliphatic rings. The fourth-order valence-electron chi connectivity index (χ4n) is 2.66. The fourth-order valence-corrected chi connectivity index (χ4v) is 2.66. The van der Waals surface area contributed by atoms with E-state index in [-0.39, 0.29) is 5.91 Å². The van der Waals surface area contributed by atoms with Gasteiger partial charge in [-0.05, 0) is 38.9 Å². The lowest BCUT2D eigenvalue weighted by Crippen LogP contribution is -2.33. The summed E-state index contributed by atoms with van der Waals surface area (Å²) in [6, 6.07) is 0. The monoisotopic (exact) mass is 362 g/mol. The predicted molar refractivity (Wildman–Crippen MR) is 114 cm³/mol. The molecular weight excluding hydrogens is 320 g/mol. The summed E-state index contributed by atoms with van der Waals surface area (Å²) < 4.78 is 0. The molecule has 0 radical (unpaired) electrons. The molecule has 0 fully saturated rings. The first-order valence-electron chi connectivity index (χ1n) is 10.6. The van der Waals surface area contributed by atoms with Crippen LogP contribution in [0.5, 0.6) is 0 Å². The molecule has 1 amide bonds. The van der Waals surface area contributed by atoms with Crippen LogP contribution in [0.15, 0.2) is 12.2 Å². The van der Waals surface area contributed by atoms with Gasteiger partial charge in [-0.3, -0.25) is 4.79 Å². The molecule has 0 rings (SSSR count). The standard InChI is InChI=1S/C23H42N2O/c1-5-6-7-8-9-10-11-12-13-14-15-16-17-18-19-20-24(3)21-22-25(4)23(2)26/h8-9H,5-7,12-22H2,1-4H3. The predicted octanol–water partition coefficient (Wildman–Crippen LogP) is 5.27. The van der Waals surface area contributed by atoms with Gasteiger partial charge in [0.25, 0.3) is 0 Å². The molecule has 3 nitrogen and oxygen atoms in total. The second-order valence-electron chi connectivity index (χ2n) is 7.33. The molecule has 0 N–H and O–H groups in total. The normalized spacial score (nSPS) is 11.0. The molecule has 0 saturated heterocycles. The molecule has 0 spiro atoms. The van der Waals surface area contributed by atoms with Crippen LogP contribution in [0.3, 0.4) is 0 Å². The lowest BCUT2D eigenvalue weighted by molar-refractivity contribution is -0.127. The highest BCUT2D eigenvalue weighted by molar-refractivity contribution is 5.72. The maximum absolute atomic E-state index is 11.2. The van der Waals surface area contributed by atoms with Crippen molar-refractivity contribution in [2.75, 3.05) is 33.7 Å². The van der Waals surface area contributed by atoms with E-state index in [4.69, 9.17) is 0 Å². The van der Waals surface area contributed by atoms with Gasteiger partial charge in [-0.25, -0.2) is 0 Å². The molecule has 0 aliphatic carbocycles. The van der Waals surface area contributed by atoms with Crippen molar-refractivity contribution in [1.82, 2.24) is 9.80 Å². The molecule has 0 unspecified atom stereocenters. The zero-order valence-electron chi connectivity index (χ0n) is 17.9. The quantitative estimate of drug-likeness (QED) is 0.293. The smallest absolute Gasteiger partial charge is 0.219 e. The second kappa shape index (κ2) is 18.5. The molecule has 26 heavy (non-hydrogen) atoms. The highest BCUT2D eigenvalue weighted by Gasteiger charge is 2.04. The third-order valence-corrected chi connectivity index (χ3v) is 4.72. The molecule has 3 heteroatoms. The number of unbranched alkanes of at least 4 members (excludes halogenated alkanes) is 9. The maximum atomic E-state index is 11.2. The molecule has 0 atom stereocenters. The Labute approximate surface area is 163 Å². The lowest BCUT2D eigenvalue weighted by Gasteiger charge is -2.21. The van der Waals surface area contributed by atoms with Gasteiger partial charge in [0.15, 0.2) is 0 Å². The first-order valence-corrected chi connectivity index (χ1v) is 10.6. The first kappa shape index (κ1) is 24.7. The average molecular weight is 363 g/mol. The van der Waals surface area contributed by atoms with Crippen LogP contribution in [0.25, 0.3) is 0 Å².